The smallest absolute Gasteiger partial charge is 0.220 e. The normalized spacial score (nSPS) is 11.8. The molecule has 0 amide bonds. The van der Waals surface area contributed by atoms with Crippen molar-refractivity contribution >= 4 is 10.9 Å². The van der Waals surface area contributed by atoms with Crippen LogP contribution in [0.3, 0.4) is 0 Å². The fraction of sp³-hybridized carbons (Fsp3) is 0.150. The molecule has 0 aliphatic rings. The maximum Gasteiger partial charge on any atom is 0.220 e. The Morgan fingerprint density at radius 1 is 1.09 bits per heavy atom. The summed E-state index contributed by atoms with van der Waals surface area (Å²) in [5, 5.41) is 11.2. The third kappa shape index (κ3) is 3.50. The molecular weight excluding hydrogens is 286 g/mol. The Bertz CT molecular complexity index is 837. The number of rotatable bonds is 5. The van der Waals surface area contributed by atoms with Crippen molar-refractivity contribution < 1.29 is 9.84 Å². The van der Waals surface area contributed by atoms with Crippen molar-refractivity contribution in [2.45, 2.75) is 19.1 Å². The minimum atomic E-state index is -0.789. The van der Waals surface area contributed by atoms with E-state index in [1.54, 1.807) is 0 Å². The number of terminal acetylenes is 1. The minimum Gasteiger partial charge on any atom is -0.473 e. The van der Waals surface area contributed by atoms with Crippen LogP contribution in [0.1, 0.15) is 23.7 Å². The van der Waals surface area contributed by atoms with Crippen LogP contribution in [-0.2, 0) is 6.61 Å². The number of pyridine rings is 1. The molecule has 0 radical (unpaired) electrons. The molecule has 114 valence electrons. The number of para-hydroxylation sites is 1. The van der Waals surface area contributed by atoms with Gasteiger partial charge in [-0.2, -0.15) is 0 Å². The van der Waals surface area contributed by atoms with Gasteiger partial charge in [-0.15, -0.1) is 12.3 Å². The van der Waals surface area contributed by atoms with Crippen LogP contribution in [0.25, 0.3) is 10.9 Å². The van der Waals surface area contributed by atoms with E-state index in [0.29, 0.717) is 18.1 Å². The third-order valence-corrected chi connectivity index (χ3v) is 3.61. The summed E-state index contributed by atoms with van der Waals surface area (Å²) in [7, 11) is 0. The van der Waals surface area contributed by atoms with Gasteiger partial charge < -0.3 is 9.84 Å². The summed E-state index contributed by atoms with van der Waals surface area (Å²) >= 11 is 0. The van der Waals surface area contributed by atoms with Gasteiger partial charge in [0.15, 0.2) is 0 Å². The number of aliphatic hydroxyl groups is 1. The van der Waals surface area contributed by atoms with Crippen molar-refractivity contribution in [2.24, 2.45) is 0 Å². The van der Waals surface area contributed by atoms with Crippen molar-refractivity contribution in [2.75, 3.05) is 0 Å². The van der Waals surface area contributed by atoms with Crippen LogP contribution >= 0.6 is 0 Å². The van der Waals surface area contributed by atoms with Gasteiger partial charge >= 0.3 is 0 Å². The first kappa shape index (κ1) is 15.1. The molecule has 3 rings (SSSR count). The van der Waals surface area contributed by atoms with Crippen LogP contribution in [-0.4, -0.2) is 10.1 Å². The maximum atomic E-state index is 10.3. The highest BCUT2D eigenvalue weighted by Crippen LogP contribution is 2.29. The Balaban J connectivity index is 1.95. The van der Waals surface area contributed by atoms with E-state index in [0.717, 1.165) is 16.5 Å². The van der Waals surface area contributed by atoms with E-state index in [2.05, 4.69) is 10.9 Å². The molecular formula is C20H17NO2. The Hall–Kier alpha value is -2.83. The number of aliphatic hydroxyl groups excluding tert-OH is 1. The first-order chi connectivity index (χ1) is 11.3. The summed E-state index contributed by atoms with van der Waals surface area (Å²) in [5.74, 6) is 2.91. The van der Waals surface area contributed by atoms with Crippen molar-refractivity contribution in [1.29, 1.82) is 0 Å². The highest BCUT2D eigenvalue weighted by atomic mass is 16.5. The van der Waals surface area contributed by atoms with Gasteiger partial charge in [-0.1, -0.05) is 48.5 Å². The van der Waals surface area contributed by atoms with Crippen molar-refractivity contribution in [3.63, 3.8) is 0 Å². The van der Waals surface area contributed by atoms with E-state index in [9.17, 15) is 5.11 Å². The second-order valence-electron chi connectivity index (χ2n) is 5.27. The minimum absolute atomic E-state index is 0.224. The Morgan fingerprint density at radius 2 is 1.83 bits per heavy atom. The molecule has 3 heteroatoms. The molecule has 2 aromatic carbocycles. The van der Waals surface area contributed by atoms with Crippen LogP contribution in [0.15, 0.2) is 60.7 Å². The highest BCUT2D eigenvalue weighted by Gasteiger charge is 2.16. The van der Waals surface area contributed by atoms with Gasteiger partial charge in [-0.05, 0) is 17.7 Å². The molecule has 0 fully saturated rings. The van der Waals surface area contributed by atoms with E-state index in [4.69, 9.17) is 11.2 Å². The third-order valence-electron chi connectivity index (χ3n) is 3.61. The topological polar surface area (TPSA) is 42.4 Å². The second kappa shape index (κ2) is 6.95. The van der Waals surface area contributed by atoms with Crippen molar-refractivity contribution in [3.8, 4) is 18.2 Å². The van der Waals surface area contributed by atoms with Gasteiger partial charge in [0.25, 0.3) is 0 Å². The standard InChI is InChI=1S/C20H17NO2/c1-2-8-19(22)17-13-16-11-6-7-12-18(16)21-20(17)23-14-15-9-4-3-5-10-15/h1,3-7,9-13,19,22H,8,14H2. The van der Waals surface area contributed by atoms with Crippen LogP contribution in [0, 0.1) is 12.3 Å². The molecule has 1 N–H and O–H groups in total. The fourth-order valence-electron chi connectivity index (χ4n) is 2.42. The number of hydrogen-bond acceptors (Lipinski definition) is 3. The number of fused-ring (bicyclic) bond motifs is 1. The van der Waals surface area contributed by atoms with Gasteiger partial charge in [-0.25, -0.2) is 4.98 Å². The largest absolute Gasteiger partial charge is 0.473 e. The first-order valence-corrected chi connectivity index (χ1v) is 7.46. The average molecular weight is 303 g/mol. The van der Waals surface area contributed by atoms with Crippen molar-refractivity contribution in [3.05, 3.63) is 71.8 Å². The monoisotopic (exact) mass is 303 g/mol. The lowest BCUT2D eigenvalue weighted by molar-refractivity contribution is 0.174. The lowest BCUT2D eigenvalue weighted by Crippen LogP contribution is -2.05. The van der Waals surface area contributed by atoms with E-state index in [1.807, 2.05) is 60.7 Å². The van der Waals surface area contributed by atoms with E-state index >= 15 is 0 Å². The SMILES string of the molecule is C#CCC(O)c1cc2ccccc2nc1OCc1ccccc1. The Morgan fingerprint density at radius 3 is 2.61 bits per heavy atom. The molecule has 0 aliphatic heterocycles. The van der Waals surface area contributed by atoms with Gasteiger partial charge in [0.2, 0.25) is 5.88 Å². The molecule has 3 nitrogen and oxygen atoms in total. The number of ether oxygens (including phenoxy) is 1. The zero-order valence-corrected chi connectivity index (χ0v) is 12.6. The number of hydrogen-bond donors (Lipinski definition) is 1. The maximum absolute atomic E-state index is 10.3. The lowest BCUT2D eigenvalue weighted by atomic mass is 10.1. The predicted molar refractivity (Wildman–Crippen MR) is 90.9 cm³/mol. The molecule has 1 atom stereocenters. The number of nitrogens with zero attached hydrogens (tertiary/aromatic N) is 1. The van der Waals surface area contributed by atoms with Gasteiger partial charge in [0.1, 0.15) is 6.61 Å². The zero-order chi connectivity index (χ0) is 16.1. The van der Waals surface area contributed by atoms with Crippen molar-refractivity contribution in [1.82, 2.24) is 4.98 Å². The molecule has 0 spiro atoms. The van der Waals surface area contributed by atoms with E-state index < -0.39 is 6.10 Å². The van der Waals surface area contributed by atoms with E-state index in [-0.39, 0.29) is 6.42 Å². The van der Waals surface area contributed by atoms with Crippen LogP contribution in [0.4, 0.5) is 0 Å². The molecule has 23 heavy (non-hydrogen) atoms. The molecule has 0 bridgehead atoms. The summed E-state index contributed by atoms with van der Waals surface area (Å²) in [6, 6.07) is 19.5. The van der Waals surface area contributed by atoms with Gasteiger partial charge in [0, 0.05) is 17.4 Å². The quantitative estimate of drug-likeness (QED) is 0.728. The van der Waals surface area contributed by atoms with Crippen LogP contribution in [0.5, 0.6) is 5.88 Å². The lowest BCUT2D eigenvalue weighted by Gasteiger charge is -2.15. The summed E-state index contributed by atoms with van der Waals surface area (Å²) in [4.78, 5) is 4.54. The molecule has 0 saturated heterocycles. The predicted octanol–water partition coefficient (Wildman–Crippen LogP) is 3.87. The summed E-state index contributed by atoms with van der Waals surface area (Å²) < 4.78 is 5.86. The summed E-state index contributed by atoms with van der Waals surface area (Å²) in [6.45, 7) is 0.391. The number of benzene rings is 2. The summed E-state index contributed by atoms with van der Waals surface area (Å²) in [6.07, 6.45) is 4.76. The Kier molecular flexibility index (Phi) is 4.56. The van der Waals surface area contributed by atoms with Crippen LogP contribution < -0.4 is 4.74 Å². The highest BCUT2D eigenvalue weighted by molar-refractivity contribution is 5.80. The van der Waals surface area contributed by atoms with Gasteiger partial charge in [-0.3, -0.25) is 0 Å². The molecule has 0 saturated carbocycles. The molecule has 1 aromatic heterocycles. The molecule has 1 heterocycles. The molecule has 0 aliphatic carbocycles. The first-order valence-electron chi connectivity index (χ1n) is 7.46. The van der Waals surface area contributed by atoms with Crippen LogP contribution in [0.2, 0.25) is 0 Å². The average Bonchev–Trinajstić information content (AvgIpc) is 2.60. The fourth-order valence-corrected chi connectivity index (χ4v) is 2.42. The number of aromatic nitrogens is 1. The zero-order valence-electron chi connectivity index (χ0n) is 12.6. The van der Waals surface area contributed by atoms with Gasteiger partial charge in [0.05, 0.1) is 11.6 Å². The Labute approximate surface area is 135 Å². The molecule has 1 unspecified atom stereocenters. The van der Waals surface area contributed by atoms with E-state index in [1.165, 1.54) is 0 Å². The second-order valence-corrected chi connectivity index (χ2v) is 5.27. The summed E-state index contributed by atoms with van der Waals surface area (Å²) in [5.41, 5.74) is 2.49. The molecule has 3 aromatic rings.